The second kappa shape index (κ2) is 5.41. The van der Waals surface area contributed by atoms with Crippen LogP contribution in [0.2, 0.25) is 0 Å². The molecule has 126 valence electrons. The smallest absolute Gasteiger partial charge is 0.126 e. The number of phenolic OH excluding ortho intramolecular Hbond substituents is 1. The SMILES string of the molecule is CCOc1cc(O)cc2c1[C@H]1CC[C@]3(C)[C@@H](O)CC[C@H]3[C@H]1CC2. The number of aliphatic hydroxyl groups is 1. The molecule has 2 N–H and O–H groups in total. The van der Waals surface area contributed by atoms with Crippen molar-refractivity contribution in [2.24, 2.45) is 17.3 Å². The molecule has 5 atom stereocenters. The molecule has 0 saturated heterocycles. The van der Waals surface area contributed by atoms with Crippen LogP contribution in [0, 0.1) is 17.3 Å². The number of aromatic hydroxyl groups is 1. The van der Waals surface area contributed by atoms with Crippen LogP contribution in [-0.4, -0.2) is 22.9 Å². The number of phenols is 1. The van der Waals surface area contributed by atoms with E-state index in [0.29, 0.717) is 30.1 Å². The van der Waals surface area contributed by atoms with Gasteiger partial charge in [-0.1, -0.05) is 6.92 Å². The standard InChI is InChI=1S/C20H28O3/c1-3-23-17-11-13(21)10-12-4-5-14-15(19(12)17)8-9-20(2)16(14)6-7-18(20)22/h10-11,14-16,18,21-22H,3-9H2,1-2H3/t14-,15-,16-,18-,20-/m0/s1. The first-order valence-corrected chi connectivity index (χ1v) is 9.21. The number of aryl methyl sites for hydroxylation is 1. The molecule has 3 aliphatic carbocycles. The molecule has 3 aliphatic rings. The van der Waals surface area contributed by atoms with Gasteiger partial charge in [0.2, 0.25) is 0 Å². The van der Waals surface area contributed by atoms with Crippen LogP contribution in [0.15, 0.2) is 12.1 Å². The third-order valence-electron chi connectivity index (χ3n) is 7.02. The summed E-state index contributed by atoms with van der Waals surface area (Å²) in [6, 6.07) is 3.73. The van der Waals surface area contributed by atoms with Crippen molar-refractivity contribution in [3.8, 4) is 11.5 Å². The van der Waals surface area contributed by atoms with Crippen LogP contribution in [-0.2, 0) is 6.42 Å². The van der Waals surface area contributed by atoms with Gasteiger partial charge in [0.1, 0.15) is 11.5 Å². The quantitative estimate of drug-likeness (QED) is 0.867. The molecule has 3 nitrogen and oxygen atoms in total. The minimum atomic E-state index is -0.124. The largest absolute Gasteiger partial charge is 0.508 e. The Morgan fingerprint density at radius 3 is 2.83 bits per heavy atom. The van der Waals surface area contributed by atoms with Crippen molar-refractivity contribution in [3.63, 3.8) is 0 Å². The van der Waals surface area contributed by atoms with Crippen molar-refractivity contribution in [3.05, 3.63) is 23.3 Å². The second-order valence-electron chi connectivity index (χ2n) is 8.00. The maximum atomic E-state index is 10.5. The lowest BCUT2D eigenvalue weighted by molar-refractivity contribution is -0.0229. The lowest BCUT2D eigenvalue weighted by atomic mass is 9.55. The van der Waals surface area contributed by atoms with Crippen molar-refractivity contribution in [1.82, 2.24) is 0 Å². The van der Waals surface area contributed by atoms with Crippen molar-refractivity contribution >= 4 is 0 Å². The van der Waals surface area contributed by atoms with E-state index in [0.717, 1.165) is 37.9 Å². The average molecular weight is 316 g/mol. The maximum absolute atomic E-state index is 10.5. The second-order valence-corrected chi connectivity index (χ2v) is 8.00. The van der Waals surface area contributed by atoms with Gasteiger partial charge < -0.3 is 14.9 Å². The van der Waals surface area contributed by atoms with E-state index in [1.165, 1.54) is 17.5 Å². The average Bonchev–Trinajstić information content (AvgIpc) is 2.82. The van der Waals surface area contributed by atoms with Gasteiger partial charge in [0.15, 0.2) is 0 Å². The Morgan fingerprint density at radius 1 is 1.22 bits per heavy atom. The van der Waals surface area contributed by atoms with Crippen LogP contribution in [0.5, 0.6) is 11.5 Å². The van der Waals surface area contributed by atoms with E-state index < -0.39 is 0 Å². The maximum Gasteiger partial charge on any atom is 0.126 e. The lowest BCUT2D eigenvalue weighted by Crippen LogP contribution is -2.44. The van der Waals surface area contributed by atoms with Gasteiger partial charge in [-0.25, -0.2) is 0 Å². The summed E-state index contributed by atoms with van der Waals surface area (Å²) in [4.78, 5) is 0. The Kier molecular flexibility index (Phi) is 3.60. The van der Waals surface area contributed by atoms with E-state index in [9.17, 15) is 10.2 Å². The Morgan fingerprint density at radius 2 is 2.04 bits per heavy atom. The normalized spacial score (nSPS) is 38.6. The molecule has 2 saturated carbocycles. The summed E-state index contributed by atoms with van der Waals surface area (Å²) in [5.41, 5.74) is 2.74. The minimum Gasteiger partial charge on any atom is -0.508 e. The molecule has 23 heavy (non-hydrogen) atoms. The van der Waals surface area contributed by atoms with E-state index in [1.807, 2.05) is 13.0 Å². The van der Waals surface area contributed by atoms with Crippen LogP contribution in [0.25, 0.3) is 0 Å². The third-order valence-corrected chi connectivity index (χ3v) is 7.02. The summed E-state index contributed by atoms with van der Waals surface area (Å²) in [7, 11) is 0. The molecule has 0 aromatic heterocycles. The van der Waals surface area contributed by atoms with Gasteiger partial charge in [0.05, 0.1) is 12.7 Å². The zero-order chi connectivity index (χ0) is 16.2. The fraction of sp³-hybridized carbons (Fsp3) is 0.700. The summed E-state index contributed by atoms with van der Waals surface area (Å²) in [5.74, 6) is 3.03. The van der Waals surface area contributed by atoms with E-state index in [4.69, 9.17) is 4.74 Å². The van der Waals surface area contributed by atoms with Gasteiger partial charge in [-0.3, -0.25) is 0 Å². The van der Waals surface area contributed by atoms with Crippen LogP contribution in [0.3, 0.4) is 0 Å². The van der Waals surface area contributed by atoms with E-state index in [2.05, 4.69) is 6.92 Å². The Hall–Kier alpha value is -1.22. The molecule has 0 amide bonds. The first-order valence-electron chi connectivity index (χ1n) is 9.21. The highest BCUT2D eigenvalue weighted by atomic mass is 16.5. The molecular weight excluding hydrogens is 288 g/mol. The van der Waals surface area contributed by atoms with Crippen LogP contribution >= 0.6 is 0 Å². The Balaban J connectivity index is 1.74. The van der Waals surface area contributed by atoms with E-state index in [1.54, 1.807) is 6.07 Å². The van der Waals surface area contributed by atoms with Gasteiger partial charge in [-0.15, -0.1) is 0 Å². The van der Waals surface area contributed by atoms with Gasteiger partial charge in [-0.2, -0.15) is 0 Å². The van der Waals surface area contributed by atoms with E-state index >= 15 is 0 Å². The van der Waals surface area contributed by atoms with Crippen molar-refractivity contribution in [2.75, 3.05) is 6.61 Å². The fourth-order valence-corrected chi connectivity index (χ4v) is 5.91. The molecule has 1 aromatic carbocycles. The van der Waals surface area contributed by atoms with Gasteiger partial charge in [-0.05, 0) is 80.2 Å². The van der Waals surface area contributed by atoms with Gasteiger partial charge in [0, 0.05) is 11.6 Å². The fourth-order valence-electron chi connectivity index (χ4n) is 5.91. The monoisotopic (exact) mass is 316 g/mol. The Labute approximate surface area is 138 Å². The van der Waals surface area contributed by atoms with Crippen molar-refractivity contribution in [1.29, 1.82) is 0 Å². The molecule has 0 aliphatic heterocycles. The summed E-state index contributed by atoms with van der Waals surface area (Å²) >= 11 is 0. The summed E-state index contributed by atoms with van der Waals surface area (Å²) in [6.45, 7) is 4.94. The number of hydrogen-bond donors (Lipinski definition) is 2. The lowest BCUT2D eigenvalue weighted by Gasteiger charge is -2.50. The molecule has 0 bridgehead atoms. The van der Waals surface area contributed by atoms with Crippen molar-refractivity contribution in [2.45, 2.75) is 64.4 Å². The number of fused-ring (bicyclic) bond motifs is 5. The van der Waals surface area contributed by atoms with Crippen LogP contribution in [0.4, 0.5) is 0 Å². The predicted molar refractivity (Wildman–Crippen MR) is 89.9 cm³/mol. The first kappa shape index (κ1) is 15.3. The number of rotatable bonds is 2. The molecule has 0 heterocycles. The van der Waals surface area contributed by atoms with Crippen molar-refractivity contribution < 1.29 is 14.9 Å². The Bertz CT molecular complexity index is 611. The number of aliphatic hydroxyl groups excluding tert-OH is 1. The highest BCUT2D eigenvalue weighted by Gasteiger charge is 2.54. The zero-order valence-electron chi connectivity index (χ0n) is 14.2. The van der Waals surface area contributed by atoms with E-state index in [-0.39, 0.29) is 11.5 Å². The molecule has 1 aromatic rings. The molecule has 0 spiro atoms. The zero-order valence-corrected chi connectivity index (χ0v) is 14.2. The summed E-state index contributed by atoms with van der Waals surface area (Å²) in [5, 5.41) is 20.5. The third kappa shape index (κ3) is 2.20. The minimum absolute atomic E-state index is 0.112. The van der Waals surface area contributed by atoms with Gasteiger partial charge in [0.25, 0.3) is 0 Å². The first-order chi connectivity index (χ1) is 11.0. The highest BCUT2D eigenvalue weighted by Crippen LogP contribution is 2.62. The highest BCUT2D eigenvalue weighted by molar-refractivity contribution is 5.50. The number of ether oxygens (including phenoxy) is 1. The van der Waals surface area contributed by atoms with Crippen LogP contribution in [0.1, 0.15) is 63.0 Å². The summed E-state index contributed by atoms with van der Waals surface area (Å²) in [6.07, 6.45) is 6.44. The molecular formula is C20H28O3. The van der Waals surface area contributed by atoms with Crippen LogP contribution < -0.4 is 4.74 Å². The molecule has 0 radical (unpaired) electrons. The molecule has 2 fully saturated rings. The topological polar surface area (TPSA) is 49.7 Å². The molecule has 0 unspecified atom stereocenters. The molecule has 4 rings (SSSR count). The number of benzene rings is 1. The number of hydrogen-bond acceptors (Lipinski definition) is 3. The molecule has 3 heteroatoms. The predicted octanol–water partition coefficient (Wildman–Crippen LogP) is 4.01. The van der Waals surface area contributed by atoms with Gasteiger partial charge >= 0.3 is 0 Å². The summed E-state index contributed by atoms with van der Waals surface area (Å²) < 4.78 is 5.88.